The Bertz CT molecular complexity index is 552. The molecule has 4 heteroatoms. The van der Waals surface area contributed by atoms with Crippen LogP contribution in [0, 0.1) is 5.92 Å². The van der Waals surface area contributed by atoms with E-state index in [0.717, 1.165) is 24.7 Å². The van der Waals surface area contributed by atoms with Gasteiger partial charge in [-0.15, -0.1) is 11.3 Å². The smallest absolute Gasteiger partial charge is 0.107 e. The lowest BCUT2D eigenvalue weighted by atomic mass is 10.1. The van der Waals surface area contributed by atoms with Crippen LogP contribution in [0.1, 0.15) is 18.4 Å². The second-order valence-electron chi connectivity index (χ2n) is 5.67. The molecule has 0 bridgehead atoms. The third-order valence-corrected chi connectivity index (χ3v) is 5.00. The van der Waals surface area contributed by atoms with Gasteiger partial charge in [0.15, 0.2) is 0 Å². The minimum absolute atomic E-state index is 0.804. The number of likely N-dealkylation sites (tertiary alicyclic amines) is 1. The predicted molar refractivity (Wildman–Crippen MR) is 89.5 cm³/mol. The van der Waals surface area contributed by atoms with Gasteiger partial charge in [-0.1, -0.05) is 37.3 Å². The van der Waals surface area contributed by atoms with Crippen LogP contribution in [0.5, 0.6) is 0 Å². The highest BCUT2D eigenvalue weighted by Gasteiger charge is 2.20. The summed E-state index contributed by atoms with van der Waals surface area (Å²) in [6, 6.07) is 10.4. The number of hydrogen-bond acceptors (Lipinski definition) is 4. The van der Waals surface area contributed by atoms with Crippen molar-refractivity contribution in [3.05, 3.63) is 40.7 Å². The summed E-state index contributed by atoms with van der Waals surface area (Å²) in [5, 5.41) is 6.91. The van der Waals surface area contributed by atoms with Gasteiger partial charge in [0.2, 0.25) is 0 Å². The Kier molecular flexibility index (Phi) is 5.01. The molecular formula is C17H23N3S. The molecule has 2 aromatic rings. The Morgan fingerprint density at radius 3 is 2.95 bits per heavy atom. The van der Waals surface area contributed by atoms with Crippen LogP contribution < -0.4 is 5.32 Å². The lowest BCUT2D eigenvalue weighted by Gasteiger charge is -2.13. The maximum Gasteiger partial charge on any atom is 0.107 e. The average Bonchev–Trinajstić information content (AvgIpc) is 3.17. The Morgan fingerprint density at radius 1 is 1.33 bits per heavy atom. The Morgan fingerprint density at radius 2 is 2.19 bits per heavy atom. The Balaban J connectivity index is 1.47. The number of aromatic nitrogens is 1. The molecule has 1 aliphatic rings. The van der Waals surface area contributed by atoms with Crippen LogP contribution in [0.2, 0.25) is 0 Å². The van der Waals surface area contributed by atoms with E-state index in [-0.39, 0.29) is 0 Å². The first-order valence-electron chi connectivity index (χ1n) is 7.78. The summed E-state index contributed by atoms with van der Waals surface area (Å²) < 4.78 is 0. The molecule has 1 unspecified atom stereocenters. The van der Waals surface area contributed by atoms with Gasteiger partial charge in [0.1, 0.15) is 5.01 Å². The van der Waals surface area contributed by atoms with Crippen LogP contribution in [0.4, 0.5) is 0 Å². The number of nitrogens with one attached hydrogen (secondary N) is 1. The van der Waals surface area contributed by atoms with Crippen LogP contribution in [0.25, 0.3) is 11.3 Å². The maximum absolute atomic E-state index is 4.72. The molecule has 1 aliphatic heterocycles. The number of benzene rings is 1. The van der Waals surface area contributed by atoms with Crippen molar-refractivity contribution >= 4 is 11.3 Å². The molecule has 1 aromatic carbocycles. The molecule has 112 valence electrons. The zero-order valence-electron chi connectivity index (χ0n) is 12.6. The van der Waals surface area contributed by atoms with Gasteiger partial charge >= 0.3 is 0 Å². The highest BCUT2D eigenvalue weighted by molar-refractivity contribution is 7.09. The fraction of sp³-hybridized carbons (Fsp3) is 0.471. The van der Waals surface area contributed by atoms with Gasteiger partial charge in [-0.05, 0) is 32.0 Å². The third-order valence-electron chi connectivity index (χ3n) is 4.15. The molecule has 21 heavy (non-hydrogen) atoms. The second kappa shape index (κ2) is 7.16. The normalized spacial score (nSPS) is 19.2. The third kappa shape index (κ3) is 3.90. The quantitative estimate of drug-likeness (QED) is 0.888. The number of hydrogen-bond donors (Lipinski definition) is 1. The van der Waals surface area contributed by atoms with Crippen LogP contribution in [-0.2, 0) is 6.54 Å². The van der Waals surface area contributed by atoms with E-state index in [1.807, 2.05) is 6.07 Å². The second-order valence-corrected chi connectivity index (χ2v) is 6.61. The first kappa shape index (κ1) is 14.7. The van der Waals surface area contributed by atoms with Crippen molar-refractivity contribution in [2.24, 2.45) is 5.92 Å². The zero-order chi connectivity index (χ0) is 14.5. The molecule has 3 nitrogen and oxygen atoms in total. The summed E-state index contributed by atoms with van der Waals surface area (Å²) in [5.74, 6) is 0.804. The van der Waals surface area contributed by atoms with Crippen molar-refractivity contribution in [2.75, 3.05) is 26.2 Å². The van der Waals surface area contributed by atoms with E-state index >= 15 is 0 Å². The van der Waals surface area contributed by atoms with E-state index in [0.29, 0.717) is 0 Å². The van der Waals surface area contributed by atoms with Crippen LogP contribution in [0.15, 0.2) is 35.7 Å². The SMILES string of the molecule is CCN1CCC(CNCc2nc(-c3ccccc3)cs2)C1. The van der Waals surface area contributed by atoms with Crippen molar-refractivity contribution in [3.63, 3.8) is 0 Å². The summed E-state index contributed by atoms with van der Waals surface area (Å²) in [6.45, 7) is 7.94. The van der Waals surface area contributed by atoms with Crippen LogP contribution in [-0.4, -0.2) is 36.1 Å². The van der Waals surface area contributed by atoms with Gasteiger partial charge in [0.25, 0.3) is 0 Å². The molecular weight excluding hydrogens is 278 g/mol. The zero-order valence-corrected chi connectivity index (χ0v) is 13.4. The molecule has 0 spiro atoms. The topological polar surface area (TPSA) is 28.2 Å². The molecule has 1 saturated heterocycles. The monoisotopic (exact) mass is 301 g/mol. The van der Waals surface area contributed by atoms with Crippen LogP contribution >= 0.6 is 11.3 Å². The summed E-state index contributed by atoms with van der Waals surface area (Å²) in [4.78, 5) is 7.25. The largest absolute Gasteiger partial charge is 0.310 e. The van der Waals surface area contributed by atoms with Gasteiger partial charge in [-0.25, -0.2) is 4.98 Å². The van der Waals surface area contributed by atoms with E-state index in [1.165, 1.54) is 36.6 Å². The first-order chi connectivity index (χ1) is 10.3. The van der Waals surface area contributed by atoms with Crippen molar-refractivity contribution in [1.82, 2.24) is 15.2 Å². The molecule has 0 amide bonds. The molecule has 1 aromatic heterocycles. The van der Waals surface area contributed by atoms with E-state index in [2.05, 4.69) is 46.8 Å². The Labute approximate surface area is 131 Å². The lowest BCUT2D eigenvalue weighted by Crippen LogP contribution is -2.26. The summed E-state index contributed by atoms with van der Waals surface area (Å²) in [5.41, 5.74) is 2.30. The van der Waals surface area contributed by atoms with Crippen molar-refractivity contribution in [2.45, 2.75) is 19.9 Å². The molecule has 0 aliphatic carbocycles. The van der Waals surface area contributed by atoms with E-state index < -0.39 is 0 Å². The van der Waals surface area contributed by atoms with Gasteiger partial charge < -0.3 is 10.2 Å². The summed E-state index contributed by atoms with van der Waals surface area (Å²) >= 11 is 1.75. The van der Waals surface area contributed by atoms with E-state index in [4.69, 9.17) is 4.98 Å². The molecule has 3 rings (SSSR count). The summed E-state index contributed by atoms with van der Waals surface area (Å²) in [6.07, 6.45) is 1.33. The number of rotatable bonds is 6. The van der Waals surface area contributed by atoms with E-state index in [9.17, 15) is 0 Å². The first-order valence-corrected chi connectivity index (χ1v) is 8.66. The molecule has 0 saturated carbocycles. The van der Waals surface area contributed by atoms with Gasteiger partial charge in [-0.2, -0.15) is 0 Å². The highest BCUT2D eigenvalue weighted by Crippen LogP contribution is 2.21. The van der Waals surface area contributed by atoms with Crippen molar-refractivity contribution in [3.8, 4) is 11.3 Å². The summed E-state index contributed by atoms with van der Waals surface area (Å²) in [7, 11) is 0. The van der Waals surface area contributed by atoms with Gasteiger partial charge in [0, 0.05) is 24.0 Å². The van der Waals surface area contributed by atoms with Gasteiger partial charge in [0.05, 0.1) is 5.69 Å². The molecule has 1 N–H and O–H groups in total. The van der Waals surface area contributed by atoms with Crippen LogP contribution in [0.3, 0.4) is 0 Å². The Hall–Kier alpha value is -1.23. The lowest BCUT2D eigenvalue weighted by molar-refractivity contribution is 0.339. The fourth-order valence-corrected chi connectivity index (χ4v) is 3.66. The minimum atomic E-state index is 0.804. The molecule has 1 fully saturated rings. The number of thiazole rings is 1. The molecule has 2 heterocycles. The minimum Gasteiger partial charge on any atom is -0.310 e. The van der Waals surface area contributed by atoms with E-state index in [1.54, 1.807) is 11.3 Å². The van der Waals surface area contributed by atoms with Gasteiger partial charge in [-0.3, -0.25) is 0 Å². The fourth-order valence-electron chi connectivity index (χ4n) is 2.88. The maximum atomic E-state index is 4.72. The molecule has 0 radical (unpaired) electrons. The number of nitrogens with zero attached hydrogens (tertiary/aromatic N) is 2. The molecule has 1 atom stereocenters. The predicted octanol–water partition coefficient (Wildman–Crippen LogP) is 3.24. The standard InChI is InChI=1S/C17H23N3S/c1-2-20-9-8-14(12-20)10-18-11-17-19-16(13-21-17)15-6-4-3-5-7-15/h3-7,13-14,18H,2,8-12H2,1H3. The van der Waals surface area contributed by atoms with Crippen molar-refractivity contribution in [1.29, 1.82) is 0 Å². The average molecular weight is 301 g/mol. The highest BCUT2D eigenvalue weighted by atomic mass is 32.1. The van der Waals surface area contributed by atoms with Crippen molar-refractivity contribution < 1.29 is 0 Å².